The van der Waals surface area contributed by atoms with Crippen LogP contribution < -0.4 is 5.32 Å². The predicted molar refractivity (Wildman–Crippen MR) is 105 cm³/mol. The molecule has 36 heavy (non-hydrogen) atoms. The minimum atomic E-state index is -6.53. The van der Waals surface area contributed by atoms with Gasteiger partial charge in [-0.3, -0.25) is 9.35 Å². The first kappa shape index (κ1) is 31.2. The average molecular weight is 557 g/mol. The SMILES string of the molecule is C=C(F)C(=O)OC(OCCCCC(F)(F)C(F)(F)S(=O)(=O)O)(C(=O)NCc1ccccc1)C(F)(F)F. The number of benzene rings is 1. The molecule has 0 saturated heterocycles. The number of hydrogen-bond acceptors (Lipinski definition) is 6. The van der Waals surface area contributed by atoms with E-state index in [4.69, 9.17) is 4.55 Å². The summed E-state index contributed by atoms with van der Waals surface area (Å²) in [6.45, 7) is 0.549. The van der Waals surface area contributed by atoms with Gasteiger partial charge in [0.05, 0.1) is 6.61 Å². The largest absolute Gasteiger partial charge is 0.466 e. The van der Waals surface area contributed by atoms with E-state index in [1.807, 2.05) is 0 Å². The minimum absolute atomic E-state index is 0.283. The summed E-state index contributed by atoms with van der Waals surface area (Å²) in [7, 11) is -6.53. The van der Waals surface area contributed by atoms with E-state index in [2.05, 4.69) is 16.1 Å². The molecular weight excluding hydrogens is 538 g/mol. The summed E-state index contributed by atoms with van der Waals surface area (Å²) < 4.78 is 145. The van der Waals surface area contributed by atoms with Crippen molar-refractivity contribution in [3.05, 3.63) is 48.3 Å². The second-order valence-corrected chi connectivity index (χ2v) is 8.54. The van der Waals surface area contributed by atoms with Crippen molar-refractivity contribution >= 4 is 22.0 Å². The summed E-state index contributed by atoms with van der Waals surface area (Å²) in [6, 6.07) is 7.30. The number of carbonyl (C=O) groups excluding carboxylic acids is 2. The van der Waals surface area contributed by atoms with Crippen LogP contribution in [0.15, 0.2) is 42.7 Å². The van der Waals surface area contributed by atoms with Crippen LogP contribution in [0, 0.1) is 0 Å². The van der Waals surface area contributed by atoms with Gasteiger partial charge in [-0.25, -0.2) is 4.79 Å². The van der Waals surface area contributed by atoms with E-state index in [1.54, 1.807) is 11.4 Å². The number of carbonyl (C=O) groups is 2. The number of nitrogens with one attached hydrogen (secondary N) is 1. The molecule has 204 valence electrons. The standard InChI is InChI=1S/C19H19F8NO7S/c1-12(20)14(29)35-17(18(23,24)25,15(30)28-11-13-7-3-2-4-8-13)34-10-6-5-9-16(21,22)19(26,27)36(31,32)33/h2-4,7-8H,1,5-6,9-11H2,(H,28,30)(H,31,32,33). The van der Waals surface area contributed by atoms with E-state index >= 15 is 0 Å². The van der Waals surface area contributed by atoms with Gasteiger partial charge >= 0.3 is 45.1 Å². The highest BCUT2D eigenvalue weighted by Crippen LogP contribution is 2.42. The summed E-state index contributed by atoms with van der Waals surface area (Å²) in [6.07, 6.45) is -9.85. The number of unbranched alkanes of at least 4 members (excludes halogenated alkanes) is 1. The van der Waals surface area contributed by atoms with Crippen LogP contribution in [0.25, 0.3) is 0 Å². The molecule has 1 atom stereocenters. The normalized spacial score (nSPS) is 14.6. The van der Waals surface area contributed by atoms with Gasteiger partial charge in [-0.2, -0.15) is 43.5 Å². The third-order valence-corrected chi connectivity index (χ3v) is 5.31. The molecule has 0 aromatic heterocycles. The molecule has 0 fully saturated rings. The van der Waals surface area contributed by atoms with Crippen molar-refractivity contribution < 1.29 is 67.2 Å². The molecule has 1 aromatic carbocycles. The van der Waals surface area contributed by atoms with Crippen LogP contribution in [0.2, 0.25) is 0 Å². The fourth-order valence-corrected chi connectivity index (χ4v) is 2.97. The molecule has 1 unspecified atom stereocenters. The fraction of sp³-hybridized carbons (Fsp3) is 0.474. The number of esters is 1. The zero-order chi connectivity index (χ0) is 28.0. The minimum Gasteiger partial charge on any atom is -0.410 e. The Morgan fingerprint density at radius 2 is 1.56 bits per heavy atom. The lowest BCUT2D eigenvalue weighted by Crippen LogP contribution is -2.61. The molecule has 0 aliphatic rings. The smallest absolute Gasteiger partial charge is 0.410 e. The van der Waals surface area contributed by atoms with E-state index in [0.29, 0.717) is 0 Å². The van der Waals surface area contributed by atoms with E-state index in [9.17, 15) is 53.1 Å². The summed E-state index contributed by atoms with van der Waals surface area (Å²) in [5.74, 6) is -16.4. The number of amides is 1. The summed E-state index contributed by atoms with van der Waals surface area (Å²) in [5, 5.41) is -4.13. The number of rotatable bonds is 13. The Labute approximate surface area is 199 Å². The van der Waals surface area contributed by atoms with Crippen molar-refractivity contribution in [1.29, 1.82) is 0 Å². The quantitative estimate of drug-likeness (QED) is 0.0944. The molecule has 0 heterocycles. The van der Waals surface area contributed by atoms with Gasteiger partial charge in [-0.15, -0.1) is 0 Å². The van der Waals surface area contributed by atoms with E-state index in [-0.39, 0.29) is 5.56 Å². The van der Waals surface area contributed by atoms with Crippen LogP contribution in [0.1, 0.15) is 24.8 Å². The van der Waals surface area contributed by atoms with Crippen molar-refractivity contribution in [2.75, 3.05) is 6.61 Å². The van der Waals surface area contributed by atoms with Gasteiger partial charge in [0.1, 0.15) is 0 Å². The maximum Gasteiger partial charge on any atom is 0.466 e. The molecule has 17 heteroatoms. The summed E-state index contributed by atoms with van der Waals surface area (Å²) in [4.78, 5) is 23.9. The zero-order valence-corrected chi connectivity index (χ0v) is 18.8. The van der Waals surface area contributed by atoms with Gasteiger partial charge in [0.15, 0.2) is 0 Å². The predicted octanol–water partition coefficient (Wildman–Crippen LogP) is 3.89. The lowest BCUT2D eigenvalue weighted by atomic mass is 10.1. The third kappa shape index (κ3) is 7.36. The van der Waals surface area contributed by atoms with Crippen LogP contribution in [-0.2, 0) is 35.7 Å². The van der Waals surface area contributed by atoms with Crippen molar-refractivity contribution in [1.82, 2.24) is 5.32 Å². The van der Waals surface area contributed by atoms with E-state index in [1.165, 1.54) is 24.3 Å². The molecule has 2 N–H and O–H groups in total. The Morgan fingerprint density at radius 1 is 1.00 bits per heavy atom. The topological polar surface area (TPSA) is 119 Å². The summed E-state index contributed by atoms with van der Waals surface area (Å²) >= 11 is 0. The van der Waals surface area contributed by atoms with Crippen molar-refractivity contribution in [2.45, 2.75) is 48.9 Å². The van der Waals surface area contributed by atoms with Crippen LogP contribution in [-0.4, -0.2) is 54.6 Å². The Balaban J connectivity index is 3.04. The highest BCUT2D eigenvalue weighted by Gasteiger charge is 2.67. The fourth-order valence-electron chi connectivity index (χ4n) is 2.49. The average Bonchev–Trinajstić information content (AvgIpc) is 2.75. The Bertz CT molecular complexity index is 1050. The number of halogens is 8. The van der Waals surface area contributed by atoms with Crippen LogP contribution in [0.5, 0.6) is 0 Å². The third-order valence-electron chi connectivity index (χ3n) is 4.37. The van der Waals surface area contributed by atoms with Gasteiger partial charge in [-0.05, 0) is 18.4 Å². The maximum atomic E-state index is 13.8. The van der Waals surface area contributed by atoms with Crippen molar-refractivity contribution in [3.63, 3.8) is 0 Å². The molecule has 0 radical (unpaired) electrons. The Hall–Kier alpha value is -2.79. The highest BCUT2D eigenvalue weighted by atomic mass is 32.2. The second kappa shape index (κ2) is 11.5. The van der Waals surface area contributed by atoms with Gasteiger partial charge in [0.2, 0.25) is 5.83 Å². The van der Waals surface area contributed by atoms with E-state index < -0.39 is 83.4 Å². The van der Waals surface area contributed by atoms with Gasteiger partial charge in [-0.1, -0.05) is 36.9 Å². The first-order valence-electron chi connectivity index (χ1n) is 9.62. The second-order valence-electron chi connectivity index (χ2n) is 7.08. The molecule has 1 aromatic rings. The Morgan fingerprint density at radius 3 is 2.03 bits per heavy atom. The molecular formula is C19H19F8NO7S. The van der Waals surface area contributed by atoms with Crippen LogP contribution >= 0.6 is 0 Å². The van der Waals surface area contributed by atoms with Crippen molar-refractivity contribution in [3.8, 4) is 0 Å². The molecule has 0 aliphatic carbocycles. The zero-order valence-electron chi connectivity index (χ0n) is 18.0. The molecule has 0 bridgehead atoms. The first-order valence-corrected chi connectivity index (χ1v) is 11.1. The monoisotopic (exact) mass is 557 g/mol. The van der Waals surface area contributed by atoms with Gasteiger partial charge in [0.25, 0.3) is 0 Å². The van der Waals surface area contributed by atoms with Gasteiger partial charge < -0.3 is 14.8 Å². The number of hydrogen-bond donors (Lipinski definition) is 2. The molecule has 1 amide bonds. The molecule has 0 saturated carbocycles. The first-order chi connectivity index (χ1) is 16.3. The van der Waals surface area contributed by atoms with Gasteiger partial charge in [0, 0.05) is 13.0 Å². The number of alkyl halides is 7. The van der Waals surface area contributed by atoms with Crippen molar-refractivity contribution in [2.24, 2.45) is 0 Å². The lowest BCUT2D eigenvalue weighted by molar-refractivity contribution is -0.347. The molecule has 1 rings (SSSR count). The highest BCUT2D eigenvalue weighted by molar-refractivity contribution is 7.87. The number of ether oxygens (including phenoxy) is 2. The van der Waals surface area contributed by atoms with Crippen LogP contribution in [0.4, 0.5) is 35.1 Å². The summed E-state index contributed by atoms with van der Waals surface area (Å²) in [5.41, 5.74) is 0.283. The molecule has 0 aliphatic heterocycles. The molecule has 0 spiro atoms. The maximum absolute atomic E-state index is 13.8. The van der Waals surface area contributed by atoms with Crippen LogP contribution in [0.3, 0.4) is 0 Å². The lowest BCUT2D eigenvalue weighted by Gasteiger charge is -2.33. The molecule has 8 nitrogen and oxygen atoms in total. The van der Waals surface area contributed by atoms with E-state index in [0.717, 1.165) is 0 Å². The Kier molecular flexibility index (Phi) is 9.99.